The molecule has 264 valence electrons. The first kappa shape index (κ1) is 34.7. The summed E-state index contributed by atoms with van der Waals surface area (Å²) in [6, 6.07) is 22.7. The first-order valence-electron chi connectivity index (χ1n) is 17.1. The number of alkyl halides is 2. The fraction of sp³-hybridized carbons (Fsp3) is 0.395. The number of rotatable bonds is 8. The second kappa shape index (κ2) is 14.1. The Morgan fingerprint density at radius 1 is 0.780 bits per heavy atom. The van der Waals surface area contributed by atoms with E-state index in [-0.39, 0.29) is 36.9 Å². The molecule has 3 aliphatic rings. The number of carbonyl (C=O) groups excluding carboxylic acids is 1. The van der Waals surface area contributed by atoms with E-state index in [0.717, 1.165) is 57.2 Å². The Bertz CT molecular complexity index is 1960. The van der Waals surface area contributed by atoms with Crippen LogP contribution in [0.3, 0.4) is 0 Å². The Balaban J connectivity index is 1.13. The molecule has 0 bridgehead atoms. The smallest absolute Gasteiger partial charge is 0.280 e. The molecule has 0 spiro atoms. The van der Waals surface area contributed by atoms with Crippen LogP contribution in [-0.4, -0.2) is 73.4 Å². The first-order chi connectivity index (χ1) is 24.0. The van der Waals surface area contributed by atoms with Gasteiger partial charge in [-0.25, -0.2) is 17.2 Å². The number of hydrogen-bond donors (Lipinski definition) is 1. The zero-order valence-corrected chi connectivity index (χ0v) is 29.1. The van der Waals surface area contributed by atoms with Gasteiger partial charge in [0.15, 0.2) is 0 Å². The Hall–Kier alpha value is -3.77. The van der Waals surface area contributed by atoms with E-state index < -0.39 is 46.6 Å². The van der Waals surface area contributed by atoms with Gasteiger partial charge in [-0.1, -0.05) is 48.0 Å². The second-order valence-electron chi connectivity index (χ2n) is 13.5. The third-order valence-electron chi connectivity index (χ3n) is 10.1. The van der Waals surface area contributed by atoms with Crippen molar-refractivity contribution in [3.63, 3.8) is 0 Å². The van der Waals surface area contributed by atoms with Gasteiger partial charge in [-0.05, 0) is 109 Å². The summed E-state index contributed by atoms with van der Waals surface area (Å²) in [5.41, 5.74) is 7.60. The van der Waals surface area contributed by atoms with Crippen LogP contribution in [0.2, 0.25) is 5.02 Å². The van der Waals surface area contributed by atoms with Crippen LogP contribution in [0.1, 0.15) is 44.9 Å². The van der Waals surface area contributed by atoms with Gasteiger partial charge in [-0.2, -0.15) is 4.31 Å². The molecular formula is C38H40ClF2N3O5S. The van der Waals surface area contributed by atoms with Crippen LogP contribution < -0.4 is 15.2 Å². The van der Waals surface area contributed by atoms with Gasteiger partial charge in [0.1, 0.15) is 23.6 Å². The van der Waals surface area contributed by atoms with Crippen molar-refractivity contribution in [2.75, 3.05) is 19.6 Å². The van der Waals surface area contributed by atoms with Crippen molar-refractivity contribution in [3.8, 4) is 22.6 Å². The highest BCUT2D eigenvalue weighted by Crippen LogP contribution is 2.34. The normalized spacial score (nSPS) is 23.2. The van der Waals surface area contributed by atoms with E-state index in [2.05, 4.69) is 0 Å². The molecule has 1 aliphatic carbocycles. The summed E-state index contributed by atoms with van der Waals surface area (Å²) < 4.78 is 71.5. The van der Waals surface area contributed by atoms with Crippen molar-refractivity contribution >= 4 is 38.3 Å². The fourth-order valence-corrected chi connectivity index (χ4v) is 8.99. The Morgan fingerprint density at radius 3 is 2.10 bits per heavy atom. The molecule has 12 heteroatoms. The maximum absolute atomic E-state index is 14.7. The zero-order valence-electron chi connectivity index (χ0n) is 27.5. The van der Waals surface area contributed by atoms with Crippen molar-refractivity contribution in [2.24, 2.45) is 5.73 Å². The lowest BCUT2D eigenvalue weighted by atomic mass is 9.97. The molecule has 3 atom stereocenters. The lowest BCUT2D eigenvalue weighted by Gasteiger charge is -2.42. The maximum atomic E-state index is 14.7. The van der Waals surface area contributed by atoms with Crippen molar-refractivity contribution < 1.29 is 31.5 Å². The van der Waals surface area contributed by atoms with E-state index in [1.54, 1.807) is 12.1 Å². The molecule has 7 rings (SSSR count). The average Bonchev–Trinajstić information content (AvgIpc) is 3.62. The van der Waals surface area contributed by atoms with E-state index in [0.29, 0.717) is 22.6 Å². The van der Waals surface area contributed by atoms with E-state index in [9.17, 15) is 22.0 Å². The van der Waals surface area contributed by atoms with Crippen LogP contribution in [0.4, 0.5) is 8.78 Å². The van der Waals surface area contributed by atoms with Gasteiger partial charge in [-0.15, -0.1) is 0 Å². The Labute approximate surface area is 296 Å². The lowest BCUT2D eigenvalue weighted by Crippen LogP contribution is -2.62. The highest BCUT2D eigenvalue weighted by Gasteiger charge is 2.48. The summed E-state index contributed by atoms with van der Waals surface area (Å²) in [5.74, 6) is -2.67. The Morgan fingerprint density at radius 2 is 1.40 bits per heavy atom. The summed E-state index contributed by atoms with van der Waals surface area (Å²) >= 11 is 6.03. The molecule has 2 aliphatic heterocycles. The molecule has 1 saturated carbocycles. The van der Waals surface area contributed by atoms with E-state index >= 15 is 0 Å². The lowest BCUT2D eigenvalue weighted by molar-refractivity contribution is -0.149. The maximum Gasteiger partial charge on any atom is 0.280 e. The highest BCUT2D eigenvalue weighted by atomic mass is 35.5. The van der Waals surface area contributed by atoms with Gasteiger partial charge < -0.3 is 20.1 Å². The van der Waals surface area contributed by atoms with Crippen LogP contribution in [0.15, 0.2) is 89.8 Å². The number of halogens is 3. The van der Waals surface area contributed by atoms with Crippen LogP contribution in [0.25, 0.3) is 21.9 Å². The van der Waals surface area contributed by atoms with E-state index in [4.69, 9.17) is 26.8 Å². The van der Waals surface area contributed by atoms with Crippen LogP contribution in [0, 0.1) is 0 Å². The van der Waals surface area contributed by atoms with Crippen LogP contribution in [0.5, 0.6) is 11.5 Å². The molecule has 2 heterocycles. The first-order valence-corrected chi connectivity index (χ1v) is 19.0. The Kier molecular flexibility index (Phi) is 9.77. The molecule has 3 fully saturated rings. The van der Waals surface area contributed by atoms with Crippen molar-refractivity contribution in [1.29, 1.82) is 0 Å². The molecule has 0 radical (unpaired) electrons. The molecule has 2 saturated heterocycles. The number of nitrogens with zero attached hydrogens (tertiary/aromatic N) is 2. The third-order valence-corrected chi connectivity index (χ3v) is 12.2. The zero-order chi connectivity index (χ0) is 35.0. The SMILES string of the molecule is N[C@@H]1CCN(C(=O)[C@H]2C[C@H](Oc3ccc(-c4ccc(Cl)cc4)cc3)CCN2S(=O)(=O)c2ccc3cc(OC4CCCC4)ccc3c2)CC1(F)F. The van der Waals surface area contributed by atoms with E-state index in [1.807, 2.05) is 66.7 Å². The summed E-state index contributed by atoms with van der Waals surface area (Å²) in [6.45, 7) is -0.878. The summed E-state index contributed by atoms with van der Waals surface area (Å²) in [4.78, 5) is 15.1. The third kappa shape index (κ3) is 7.32. The number of carbonyl (C=O) groups is 1. The molecule has 0 unspecified atom stereocenters. The van der Waals surface area contributed by atoms with Crippen molar-refractivity contribution in [3.05, 3.63) is 90.0 Å². The molecule has 0 aromatic heterocycles. The number of hydrogen-bond acceptors (Lipinski definition) is 6. The van der Waals surface area contributed by atoms with Crippen molar-refractivity contribution in [2.45, 2.75) is 80.1 Å². The standard InChI is InChI=1S/C38H40ClF2N3O5S/c39-29-11-5-25(6-12-29)26-7-13-31(14-8-26)49-33-17-20-44(35(23-33)37(45)43-19-18-36(42)38(40,41)24-43)50(46,47)34-16-10-27-21-32(15-9-28(27)22-34)48-30-3-1-2-4-30/h5-16,21-22,30,33,35-36H,1-4,17-20,23-24,42H2/t33-,35-,36-/m1/s1. The number of ether oxygens (including phenoxy) is 2. The van der Waals surface area contributed by atoms with Gasteiger partial charge in [0.05, 0.1) is 23.6 Å². The number of nitrogens with two attached hydrogens (primary N) is 1. The average molecular weight is 724 g/mol. The number of fused-ring (bicyclic) bond motifs is 1. The summed E-state index contributed by atoms with van der Waals surface area (Å²) in [6.07, 6.45) is 4.23. The molecule has 1 amide bonds. The van der Waals surface area contributed by atoms with Crippen molar-refractivity contribution in [1.82, 2.24) is 9.21 Å². The quantitative estimate of drug-likeness (QED) is 0.205. The van der Waals surface area contributed by atoms with Gasteiger partial charge in [-0.3, -0.25) is 4.79 Å². The largest absolute Gasteiger partial charge is 0.490 e. The monoisotopic (exact) mass is 723 g/mol. The number of piperidine rings is 2. The van der Waals surface area contributed by atoms with E-state index in [1.165, 1.54) is 6.07 Å². The van der Waals surface area contributed by atoms with Crippen LogP contribution in [-0.2, 0) is 14.8 Å². The number of sulfonamides is 1. The summed E-state index contributed by atoms with van der Waals surface area (Å²) in [5, 5.41) is 2.17. The highest BCUT2D eigenvalue weighted by molar-refractivity contribution is 7.89. The van der Waals surface area contributed by atoms with Gasteiger partial charge in [0.25, 0.3) is 5.92 Å². The minimum absolute atomic E-state index is 0.000566. The number of likely N-dealkylation sites (tertiary alicyclic amines) is 1. The predicted molar refractivity (Wildman–Crippen MR) is 189 cm³/mol. The molecule has 50 heavy (non-hydrogen) atoms. The fourth-order valence-electron chi connectivity index (χ4n) is 7.22. The van der Waals surface area contributed by atoms with Gasteiger partial charge >= 0.3 is 0 Å². The van der Waals surface area contributed by atoms with Gasteiger partial charge in [0.2, 0.25) is 15.9 Å². The number of benzene rings is 4. The van der Waals surface area contributed by atoms with Gasteiger partial charge in [0, 0.05) is 24.5 Å². The van der Waals surface area contributed by atoms with Crippen LogP contribution >= 0.6 is 11.6 Å². The minimum Gasteiger partial charge on any atom is -0.490 e. The second-order valence-corrected chi connectivity index (χ2v) is 15.9. The minimum atomic E-state index is -4.21. The predicted octanol–water partition coefficient (Wildman–Crippen LogP) is 7.28. The molecule has 4 aromatic carbocycles. The molecule has 8 nitrogen and oxygen atoms in total. The molecule has 4 aromatic rings. The summed E-state index contributed by atoms with van der Waals surface area (Å²) in [7, 11) is -4.21. The molecular weight excluding hydrogens is 684 g/mol. The topological polar surface area (TPSA) is 102 Å². The number of amides is 1. The molecule has 2 N–H and O–H groups in total.